The van der Waals surface area contributed by atoms with Crippen molar-refractivity contribution >= 4 is 23.6 Å². The molecule has 6 nitrogen and oxygen atoms in total. The molecular weight excluding hydrogens is 389 g/mol. The van der Waals surface area contributed by atoms with Crippen molar-refractivity contribution in [3.8, 4) is 0 Å². The molecule has 0 aliphatic carbocycles. The van der Waals surface area contributed by atoms with Crippen molar-refractivity contribution in [2.75, 3.05) is 11.9 Å². The van der Waals surface area contributed by atoms with E-state index in [4.69, 9.17) is 4.74 Å². The average Bonchev–Trinajstić information content (AvgIpc) is 2.62. The number of anilines is 1. The minimum atomic E-state index is -4.46. The number of amides is 3. The molecule has 0 fully saturated rings. The van der Waals surface area contributed by atoms with Crippen LogP contribution < -0.4 is 10.6 Å². The van der Waals surface area contributed by atoms with E-state index in [0.717, 1.165) is 35.4 Å². The molecule has 2 N–H and O–H groups in total. The number of rotatable bonds is 5. The number of aryl methyl sites for hydroxylation is 2. The molecular formula is C20H19F3N2O4. The van der Waals surface area contributed by atoms with Gasteiger partial charge in [-0.15, -0.1) is 0 Å². The van der Waals surface area contributed by atoms with Crippen molar-refractivity contribution in [2.45, 2.75) is 26.4 Å². The minimum absolute atomic E-state index is 0.302. The SMILES string of the molecule is Cc1ccc(NC(=O)NC(=O)COC(=O)Cc2ccc(C(F)(F)F)cc2)c(C)c1. The van der Waals surface area contributed by atoms with Gasteiger partial charge in [0.15, 0.2) is 6.61 Å². The highest BCUT2D eigenvalue weighted by molar-refractivity contribution is 6.02. The summed E-state index contributed by atoms with van der Waals surface area (Å²) < 4.78 is 42.3. The fourth-order valence-corrected chi connectivity index (χ4v) is 2.45. The number of hydrogen-bond acceptors (Lipinski definition) is 4. The molecule has 29 heavy (non-hydrogen) atoms. The lowest BCUT2D eigenvalue weighted by Crippen LogP contribution is -2.37. The van der Waals surface area contributed by atoms with Gasteiger partial charge in [0.25, 0.3) is 5.91 Å². The lowest BCUT2D eigenvalue weighted by molar-refractivity contribution is -0.147. The predicted octanol–water partition coefficient (Wildman–Crippen LogP) is 3.76. The highest BCUT2D eigenvalue weighted by Gasteiger charge is 2.30. The first-order valence-electron chi connectivity index (χ1n) is 8.54. The van der Waals surface area contributed by atoms with E-state index in [1.54, 1.807) is 19.1 Å². The Balaban J connectivity index is 1.78. The monoisotopic (exact) mass is 408 g/mol. The first kappa shape index (κ1) is 21.9. The van der Waals surface area contributed by atoms with E-state index in [1.165, 1.54) is 0 Å². The van der Waals surface area contributed by atoms with Crippen LogP contribution in [-0.4, -0.2) is 24.5 Å². The standard InChI is InChI=1S/C20H19F3N2O4/c1-12-3-8-16(13(2)9-12)24-19(28)25-17(26)11-29-18(27)10-14-4-6-15(7-5-14)20(21,22)23/h3-9H,10-11H2,1-2H3,(H2,24,25,26,28). The summed E-state index contributed by atoms with van der Waals surface area (Å²) in [7, 11) is 0. The quantitative estimate of drug-likeness (QED) is 0.738. The number of hydrogen-bond donors (Lipinski definition) is 2. The van der Waals surface area contributed by atoms with Crippen LogP contribution in [0, 0.1) is 13.8 Å². The second kappa shape index (κ2) is 9.22. The Morgan fingerprint density at radius 1 is 1.00 bits per heavy atom. The number of benzene rings is 2. The van der Waals surface area contributed by atoms with Crippen LogP contribution in [0.4, 0.5) is 23.7 Å². The number of halogens is 3. The van der Waals surface area contributed by atoms with Gasteiger partial charge in [-0.2, -0.15) is 13.2 Å². The fourth-order valence-electron chi connectivity index (χ4n) is 2.45. The largest absolute Gasteiger partial charge is 0.455 e. The molecule has 2 aromatic carbocycles. The van der Waals surface area contributed by atoms with Crippen LogP contribution in [0.3, 0.4) is 0 Å². The fraction of sp³-hybridized carbons (Fsp3) is 0.250. The molecule has 154 valence electrons. The van der Waals surface area contributed by atoms with Gasteiger partial charge in [-0.25, -0.2) is 4.79 Å². The molecule has 9 heteroatoms. The first-order valence-corrected chi connectivity index (χ1v) is 8.54. The molecule has 0 radical (unpaired) electrons. The predicted molar refractivity (Wildman–Crippen MR) is 99.2 cm³/mol. The number of imide groups is 1. The molecule has 0 saturated heterocycles. The van der Waals surface area contributed by atoms with Crippen LogP contribution in [0.15, 0.2) is 42.5 Å². The van der Waals surface area contributed by atoms with Crippen LogP contribution in [-0.2, 0) is 26.9 Å². The zero-order valence-corrected chi connectivity index (χ0v) is 15.7. The van der Waals surface area contributed by atoms with Gasteiger partial charge >= 0.3 is 18.2 Å². The van der Waals surface area contributed by atoms with Crippen LogP contribution in [0.5, 0.6) is 0 Å². The third kappa shape index (κ3) is 6.95. The number of ether oxygens (including phenoxy) is 1. The number of urea groups is 1. The third-order valence-corrected chi connectivity index (χ3v) is 3.88. The lowest BCUT2D eigenvalue weighted by atomic mass is 10.1. The van der Waals surface area contributed by atoms with Crippen molar-refractivity contribution in [3.05, 3.63) is 64.7 Å². The van der Waals surface area contributed by atoms with Crippen LogP contribution >= 0.6 is 0 Å². The van der Waals surface area contributed by atoms with E-state index in [-0.39, 0.29) is 6.42 Å². The Morgan fingerprint density at radius 3 is 2.24 bits per heavy atom. The maximum Gasteiger partial charge on any atom is 0.416 e. The van der Waals surface area contributed by atoms with E-state index in [0.29, 0.717) is 11.3 Å². The number of alkyl halides is 3. The summed E-state index contributed by atoms with van der Waals surface area (Å²) in [4.78, 5) is 35.3. The zero-order chi connectivity index (χ0) is 21.6. The topological polar surface area (TPSA) is 84.5 Å². The van der Waals surface area contributed by atoms with E-state index >= 15 is 0 Å². The molecule has 0 saturated carbocycles. The number of carbonyl (C=O) groups excluding carboxylic acids is 3. The average molecular weight is 408 g/mol. The molecule has 0 atom stereocenters. The van der Waals surface area contributed by atoms with Gasteiger partial charge < -0.3 is 10.1 Å². The van der Waals surface area contributed by atoms with Crippen LogP contribution in [0.25, 0.3) is 0 Å². The Kier molecular flexibility index (Phi) is 6.98. The van der Waals surface area contributed by atoms with Crippen molar-refractivity contribution in [1.29, 1.82) is 0 Å². The lowest BCUT2D eigenvalue weighted by Gasteiger charge is -2.10. The normalized spacial score (nSPS) is 10.9. The van der Waals surface area contributed by atoms with Crippen molar-refractivity contribution in [1.82, 2.24) is 5.32 Å². The second-order valence-corrected chi connectivity index (χ2v) is 6.35. The maximum atomic E-state index is 12.5. The summed E-state index contributed by atoms with van der Waals surface area (Å²) in [5.74, 6) is -1.65. The van der Waals surface area contributed by atoms with Gasteiger partial charge in [0, 0.05) is 5.69 Å². The summed E-state index contributed by atoms with van der Waals surface area (Å²) in [6.07, 6.45) is -4.77. The molecule has 2 rings (SSSR count). The van der Waals surface area contributed by atoms with Crippen LogP contribution in [0.2, 0.25) is 0 Å². The van der Waals surface area contributed by atoms with Gasteiger partial charge in [0.1, 0.15) is 0 Å². The molecule has 2 aromatic rings. The Hall–Kier alpha value is -3.36. The maximum absolute atomic E-state index is 12.5. The number of esters is 1. The molecule has 0 bridgehead atoms. The summed E-state index contributed by atoms with van der Waals surface area (Å²) in [5, 5.41) is 4.53. The molecule has 0 unspecified atom stereocenters. The van der Waals surface area contributed by atoms with Crippen molar-refractivity contribution in [2.24, 2.45) is 0 Å². The van der Waals surface area contributed by atoms with Crippen LogP contribution in [0.1, 0.15) is 22.3 Å². The number of carbonyl (C=O) groups is 3. The zero-order valence-electron chi connectivity index (χ0n) is 15.7. The third-order valence-electron chi connectivity index (χ3n) is 3.88. The van der Waals surface area contributed by atoms with E-state index in [2.05, 4.69) is 5.32 Å². The molecule has 0 spiro atoms. The Bertz CT molecular complexity index is 909. The van der Waals surface area contributed by atoms with Crippen molar-refractivity contribution < 1.29 is 32.3 Å². The number of nitrogens with one attached hydrogen (secondary N) is 2. The summed E-state index contributed by atoms with van der Waals surface area (Å²) in [5.41, 5.74) is 1.83. The summed E-state index contributed by atoms with van der Waals surface area (Å²) in [6, 6.07) is 8.59. The van der Waals surface area contributed by atoms with Gasteiger partial charge in [-0.3, -0.25) is 14.9 Å². The molecule has 0 aliphatic heterocycles. The Labute approximate surface area is 165 Å². The van der Waals surface area contributed by atoms with E-state index in [9.17, 15) is 27.6 Å². The molecule has 0 aromatic heterocycles. The molecule has 0 aliphatic rings. The molecule has 3 amide bonds. The first-order chi connectivity index (χ1) is 13.5. The minimum Gasteiger partial charge on any atom is -0.455 e. The Morgan fingerprint density at radius 2 is 1.66 bits per heavy atom. The highest BCUT2D eigenvalue weighted by atomic mass is 19.4. The van der Waals surface area contributed by atoms with Gasteiger partial charge in [0.2, 0.25) is 0 Å². The summed E-state index contributed by atoms with van der Waals surface area (Å²) >= 11 is 0. The van der Waals surface area contributed by atoms with E-state index in [1.807, 2.05) is 18.3 Å². The molecule has 0 heterocycles. The summed E-state index contributed by atoms with van der Waals surface area (Å²) in [6.45, 7) is 3.01. The van der Waals surface area contributed by atoms with Gasteiger partial charge in [-0.05, 0) is 43.2 Å². The second-order valence-electron chi connectivity index (χ2n) is 6.35. The van der Waals surface area contributed by atoms with Gasteiger partial charge in [-0.1, -0.05) is 29.8 Å². The smallest absolute Gasteiger partial charge is 0.416 e. The highest BCUT2D eigenvalue weighted by Crippen LogP contribution is 2.29. The van der Waals surface area contributed by atoms with E-state index < -0.39 is 36.3 Å². The van der Waals surface area contributed by atoms with Gasteiger partial charge in [0.05, 0.1) is 12.0 Å². The van der Waals surface area contributed by atoms with Crippen molar-refractivity contribution in [3.63, 3.8) is 0 Å².